The first-order chi connectivity index (χ1) is 8.63. The summed E-state index contributed by atoms with van der Waals surface area (Å²) in [6.45, 7) is 4.26. The SMILES string of the molecule is CCOP(=O)(CSCc1cnn(SF)c1)OCC. The van der Waals surface area contributed by atoms with Crippen molar-refractivity contribution in [1.29, 1.82) is 0 Å². The molecule has 1 aromatic rings. The number of hydrogen-bond acceptors (Lipinski definition) is 6. The van der Waals surface area contributed by atoms with Crippen molar-refractivity contribution in [2.75, 3.05) is 18.7 Å². The molecular weight excluding hydrogens is 298 g/mol. The van der Waals surface area contributed by atoms with Crippen molar-refractivity contribution in [3.63, 3.8) is 0 Å². The molecule has 0 aliphatic carbocycles. The molecular formula is C9H16FN2O3PS2. The fourth-order valence-electron chi connectivity index (χ4n) is 1.23. The fourth-order valence-corrected chi connectivity index (χ4v) is 4.59. The normalized spacial score (nSPS) is 11.9. The highest BCUT2D eigenvalue weighted by Crippen LogP contribution is 2.51. The summed E-state index contributed by atoms with van der Waals surface area (Å²) < 4.78 is 35.7. The van der Waals surface area contributed by atoms with Crippen molar-refractivity contribution in [3.8, 4) is 0 Å². The molecule has 0 aromatic carbocycles. The van der Waals surface area contributed by atoms with E-state index in [1.54, 1.807) is 26.2 Å². The first-order valence-electron chi connectivity index (χ1n) is 5.42. The van der Waals surface area contributed by atoms with E-state index in [4.69, 9.17) is 9.05 Å². The summed E-state index contributed by atoms with van der Waals surface area (Å²) in [5, 5.41) is 3.78. The molecule has 5 nitrogen and oxygen atoms in total. The third kappa shape index (κ3) is 5.32. The fraction of sp³-hybridized carbons (Fsp3) is 0.667. The van der Waals surface area contributed by atoms with E-state index >= 15 is 0 Å². The van der Waals surface area contributed by atoms with Crippen LogP contribution in [0.5, 0.6) is 0 Å². The van der Waals surface area contributed by atoms with Gasteiger partial charge in [-0.1, -0.05) is 0 Å². The van der Waals surface area contributed by atoms with Crippen molar-refractivity contribution >= 4 is 31.7 Å². The quantitative estimate of drug-likeness (QED) is 0.648. The molecule has 0 amide bonds. The molecule has 0 aliphatic rings. The molecule has 0 unspecified atom stereocenters. The van der Waals surface area contributed by atoms with E-state index in [9.17, 15) is 8.45 Å². The van der Waals surface area contributed by atoms with Gasteiger partial charge in [-0.15, -0.1) is 15.6 Å². The van der Waals surface area contributed by atoms with Crippen molar-refractivity contribution in [2.45, 2.75) is 19.6 Å². The van der Waals surface area contributed by atoms with Crippen LogP contribution in [0.25, 0.3) is 0 Å². The molecule has 104 valence electrons. The van der Waals surface area contributed by atoms with Crippen LogP contribution in [0.4, 0.5) is 3.89 Å². The first-order valence-corrected chi connectivity index (χ1v) is 8.97. The van der Waals surface area contributed by atoms with Gasteiger partial charge in [0.25, 0.3) is 0 Å². The second kappa shape index (κ2) is 8.22. The zero-order chi connectivity index (χ0) is 13.4. The number of thioether (sulfide) groups is 1. The van der Waals surface area contributed by atoms with Gasteiger partial charge in [0.05, 0.1) is 24.9 Å². The second-order valence-electron chi connectivity index (χ2n) is 3.24. The van der Waals surface area contributed by atoms with Crippen LogP contribution in [0.1, 0.15) is 19.4 Å². The van der Waals surface area contributed by atoms with Crippen LogP contribution in [-0.2, 0) is 19.4 Å². The highest BCUT2D eigenvalue weighted by Gasteiger charge is 2.23. The number of hydrogen-bond donors (Lipinski definition) is 0. The van der Waals surface area contributed by atoms with Crippen molar-refractivity contribution in [1.82, 2.24) is 9.19 Å². The molecule has 0 N–H and O–H groups in total. The summed E-state index contributed by atoms with van der Waals surface area (Å²) in [6.07, 6.45) is 3.16. The predicted octanol–water partition coefficient (Wildman–Crippen LogP) is 3.72. The average molecular weight is 314 g/mol. The minimum Gasteiger partial charge on any atom is -0.308 e. The van der Waals surface area contributed by atoms with Crippen molar-refractivity contribution < 1.29 is 17.5 Å². The van der Waals surface area contributed by atoms with Gasteiger partial charge in [0.1, 0.15) is 0 Å². The zero-order valence-electron chi connectivity index (χ0n) is 10.2. The first kappa shape index (κ1) is 16.0. The molecule has 0 fully saturated rings. The summed E-state index contributed by atoms with van der Waals surface area (Å²) in [4.78, 5) is 0. The van der Waals surface area contributed by atoms with Gasteiger partial charge in [-0.05, 0) is 13.8 Å². The summed E-state index contributed by atoms with van der Waals surface area (Å²) in [5.74, 6) is 0.588. The lowest BCUT2D eigenvalue weighted by Gasteiger charge is -2.16. The Morgan fingerprint density at radius 3 is 2.61 bits per heavy atom. The standard InChI is InChI=1S/C9H16FN2O3PS2/c1-3-14-16(13,15-4-2)8-17-7-9-5-11-12(6-9)18-10/h5-6H,3-4,7-8H2,1-2H3. The summed E-state index contributed by atoms with van der Waals surface area (Å²) in [7, 11) is -3.00. The van der Waals surface area contributed by atoms with Crippen molar-refractivity contribution in [2.24, 2.45) is 0 Å². The molecule has 0 radical (unpaired) electrons. The summed E-state index contributed by atoms with van der Waals surface area (Å²) >= 11 is 1.46. The monoisotopic (exact) mass is 314 g/mol. The van der Waals surface area contributed by atoms with E-state index in [2.05, 4.69) is 5.10 Å². The number of aromatic nitrogens is 2. The Labute approximate surface area is 115 Å². The average Bonchev–Trinajstić information content (AvgIpc) is 2.77. The Morgan fingerprint density at radius 1 is 1.44 bits per heavy atom. The highest BCUT2D eigenvalue weighted by molar-refractivity contribution is 8.03. The largest absolute Gasteiger partial charge is 0.340 e. The van der Waals surface area contributed by atoms with Crippen LogP contribution >= 0.6 is 31.7 Å². The van der Waals surface area contributed by atoms with Gasteiger partial charge in [-0.25, -0.2) is 0 Å². The smallest absolute Gasteiger partial charge is 0.308 e. The number of halogens is 1. The Balaban J connectivity index is 2.40. The predicted molar refractivity (Wildman–Crippen MR) is 73.3 cm³/mol. The van der Waals surface area contributed by atoms with E-state index < -0.39 is 7.60 Å². The van der Waals surface area contributed by atoms with Gasteiger partial charge in [-0.2, -0.15) is 9.19 Å². The Hall–Kier alpha value is -0.0100. The second-order valence-corrected chi connectivity index (χ2v) is 7.22. The molecule has 0 saturated carbocycles. The minimum absolute atomic E-state index is 0.0370. The number of rotatable bonds is 9. The van der Waals surface area contributed by atoms with Crippen LogP contribution < -0.4 is 0 Å². The van der Waals surface area contributed by atoms with E-state index in [0.717, 1.165) is 9.65 Å². The minimum atomic E-state index is -3.00. The van der Waals surface area contributed by atoms with Crippen LogP contribution in [0.3, 0.4) is 0 Å². The van der Waals surface area contributed by atoms with Crippen molar-refractivity contribution in [3.05, 3.63) is 18.0 Å². The maximum absolute atomic E-state index is 12.2. The van der Waals surface area contributed by atoms with Crippen LogP contribution in [0.15, 0.2) is 12.4 Å². The Kier molecular flexibility index (Phi) is 7.33. The number of nitrogens with zero attached hydrogens (tertiary/aromatic N) is 2. The van der Waals surface area contributed by atoms with E-state index in [-0.39, 0.29) is 17.8 Å². The molecule has 1 rings (SSSR count). The highest BCUT2D eigenvalue weighted by atomic mass is 32.2. The molecule has 9 heteroatoms. The lowest BCUT2D eigenvalue weighted by Crippen LogP contribution is -1.98. The van der Waals surface area contributed by atoms with E-state index in [0.29, 0.717) is 19.0 Å². The molecule has 18 heavy (non-hydrogen) atoms. The van der Waals surface area contributed by atoms with Gasteiger partial charge >= 0.3 is 7.60 Å². The molecule has 1 heterocycles. The van der Waals surface area contributed by atoms with E-state index in [1.165, 1.54) is 11.8 Å². The molecule has 0 saturated heterocycles. The van der Waals surface area contributed by atoms with Gasteiger partial charge in [0.2, 0.25) is 0 Å². The van der Waals surface area contributed by atoms with Gasteiger partial charge < -0.3 is 9.05 Å². The Bertz CT molecular complexity index is 395. The lowest BCUT2D eigenvalue weighted by molar-refractivity contribution is 0.224. The van der Waals surface area contributed by atoms with Gasteiger partial charge in [0.15, 0.2) is 12.3 Å². The van der Waals surface area contributed by atoms with Gasteiger partial charge in [-0.3, -0.25) is 4.57 Å². The molecule has 1 aromatic heterocycles. The van der Waals surface area contributed by atoms with Crippen LogP contribution in [0.2, 0.25) is 0 Å². The van der Waals surface area contributed by atoms with Crippen LogP contribution in [-0.4, -0.2) is 27.9 Å². The zero-order valence-corrected chi connectivity index (χ0v) is 12.8. The molecule has 0 spiro atoms. The molecule has 0 atom stereocenters. The molecule has 0 aliphatic heterocycles. The maximum Gasteiger partial charge on any atom is 0.340 e. The van der Waals surface area contributed by atoms with Gasteiger partial charge in [0, 0.05) is 17.5 Å². The lowest BCUT2D eigenvalue weighted by atomic mass is 10.4. The summed E-state index contributed by atoms with van der Waals surface area (Å²) in [6, 6.07) is 0. The Morgan fingerprint density at radius 2 is 2.11 bits per heavy atom. The van der Waals surface area contributed by atoms with E-state index in [1.807, 2.05) is 0 Å². The third-order valence-electron chi connectivity index (χ3n) is 1.85. The maximum atomic E-state index is 12.2. The molecule has 0 bridgehead atoms. The third-order valence-corrected chi connectivity index (χ3v) is 6.03. The summed E-state index contributed by atoms with van der Waals surface area (Å²) in [5.41, 5.74) is 1.15. The van der Waals surface area contributed by atoms with Crippen LogP contribution in [0, 0.1) is 0 Å². The topological polar surface area (TPSA) is 53.3 Å².